The van der Waals surface area contributed by atoms with E-state index in [9.17, 15) is 4.79 Å². The fraction of sp³-hybridized carbons (Fsp3) is 0.538. The molecule has 1 unspecified atom stereocenters. The number of nitrogens with zero attached hydrogens (tertiary/aromatic N) is 1. The molecule has 1 fully saturated rings. The maximum absolute atomic E-state index is 11.9. The van der Waals surface area contributed by atoms with Gasteiger partial charge in [-0.25, -0.2) is 0 Å². The van der Waals surface area contributed by atoms with Crippen molar-refractivity contribution in [2.45, 2.75) is 20.4 Å². The molecular formula is C13H19N3O. The predicted octanol–water partition coefficient (Wildman–Crippen LogP) is 0.862. The van der Waals surface area contributed by atoms with E-state index in [0.717, 1.165) is 18.7 Å². The molecule has 1 amide bonds. The minimum atomic E-state index is 0.0910. The highest BCUT2D eigenvalue weighted by atomic mass is 16.1. The van der Waals surface area contributed by atoms with Gasteiger partial charge in [-0.05, 0) is 43.1 Å². The quantitative estimate of drug-likeness (QED) is 0.811. The third-order valence-corrected chi connectivity index (χ3v) is 3.53. The third kappa shape index (κ3) is 2.82. The highest BCUT2D eigenvalue weighted by molar-refractivity contribution is 5.78. The van der Waals surface area contributed by atoms with Crippen LogP contribution in [0.25, 0.3) is 0 Å². The van der Waals surface area contributed by atoms with Crippen molar-refractivity contribution in [2.24, 2.45) is 11.8 Å². The summed E-state index contributed by atoms with van der Waals surface area (Å²) in [6.45, 7) is 6.52. The van der Waals surface area contributed by atoms with Crippen LogP contribution in [0.5, 0.6) is 0 Å². The number of hydrogen-bond acceptors (Lipinski definition) is 3. The van der Waals surface area contributed by atoms with Crippen LogP contribution < -0.4 is 10.6 Å². The summed E-state index contributed by atoms with van der Waals surface area (Å²) in [5, 5.41) is 6.17. The molecule has 1 aromatic rings. The lowest BCUT2D eigenvalue weighted by Gasteiger charge is -2.31. The van der Waals surface area contributed by atoms with Crippen LogP contribution in [0.3, 0.4) is 0 Å². The zero-order chi connectivity index (χ0) is 12.3. The molecule has 0 spiro atoms. The van der Waals surface area contributed by atoms with E-state index in [1.54, 1.807) is 6.20 Å². The topological polar surface area (TPSA) is 54.0 Å². The van der Waals surface area contributed by atoms with Gasteiger partial charge in [-0.3, -0.25) is 9.78 Å². The van der Waals surface area contributed by atoms with Crippen molar-refractivity contribution >= 4 is 5.91 Å². The minimum Gasteiger partial charge on any atom is -0.352 e. The largest absolute Gasteiger partial charge is 0.352 e. The summed E-state index contributed by atoms with van der Waals surface area (Å²) in [5.74, 6) is 0.720. The summed E-state index contributed by atoms with van der Waals surface area (Å²) in [7, 11) is 0. The molecule has 0 bridgehead atoms. The number of aryl methyl sites for hydroxylation is 1. The second-order valence-corrected chi connectivity index (χ2v) is 4.73. The van der Waals surface area contributed by atoms with E-state index in [2.05, 4.69) is 15.6 Å². The Balaban J connectivity index is 1.85. The molecule has 1 saturated heterocycles. The first-order valence-corrected chi connectivity index (χ1v) is 6.06. The Morgan fingerprint density at radius 3 is 3.00 bits per heavy atom. The number of pyridine rings is 1. The highest BCUT2D eigenvalue weighted by Crippen LogP contribution is 2.16. The molecule has 1 aliphatic rings. The van der Waals surface area contributed by atoms with Crippen LogP contribution in [0.2, 0.25) is 0 Å². The van der Waals surface area contributed by atoms with Crippen LogP contribution >= 0.6 is 0 Å². The van der Waals surface area contributed by atoms with Gasteiger partial charge in [0.1, 0.15) is 0 Å². The average Bonchev–Trinajstić information content (AvgIpc) is 2.25. The summed E-state index contributed by atoms with van der Waals surface area (Å²) in [5.41, 5.74) is 2.25. The standard InChI is InChI=1S/C13H19N3O/c1-9-3-4-14-5-11(9)8-16-13(17)10(2)12-6-15-7-12/h3-5,10,12,15H,6-8H2,1-2H3,(H,16,17). The lowest BCUT2D eigenvalue weighted by Crippen LogP contribution is -2.49. The molecule has 2 heterocycles. The fourth-order valence-corrected chi connectivity index (χ4v) is 1.90. The molecule has 0 radical (unpaired) electrons. The molecule has 92 valence electrons. The molecule has 0 aromatic carbocycles. The molecule has 0 saturated carbocycles. The Hall–Kier alpha value is -1.42. The summed E-state index contributed by atoms with van der Waals surface area (Å²) in [6, 6.07) is 1.96. The van der Waals surface area contributed by atoms with E-state index in [-0.39, 0.29) is 11.8 Å². The van der Waals surface area contributed by atoms with E-state index in [1.165, 1.54) is 5.56 Å². The third-order valence-electron chi connectivity index (χ3n) is 3.53. The van der Waals surface area contributed by atoms with E-state index < -0.39 is 0 Å². The van der Waals surface area contributed by atoms with Gasteiger partial charge in [0, 0.05) is 24.9 Å². The van der Waals surface area contributed by atoms with Crippen LogP contribution in [-0.4, -0.2) is 24.0 Å². The lowest BCUT2D eigenvalue weighted by molar-refractivity contribution is -0.126. The van der Waals surface area contributed by atoms with Gasteiger partial charge in [0.05, 0.1) is 0 Å². The summed E-state index contributed by atoms with van der Waals surface area (Å²) < 4.78 is 0. The van der Waals surface area contributed by atoms with Crippen LogP contribution in [0.15, 0.2) is 18.5 Å². The van der Waals surface area contributed by atoms with E-state index >= 15 is 0 Å². The van der Waals surface area contributed by atoms with Gasteiger partial charge in [-0.2, -0.15) is 0 Å². The number of aromatic nitrogens is 1. The second kappa shape index (κ2) is 5.27. The van der Waals surface area contributed by atoms with E-state index in [4.69, 9.17) is 0 Å². The zero-order valence-corrected chi connectivity index (χ0v) is 10.4. The van der Waals surface area contributed by atoms with Gasteiger partial charge in [0.2, 0.25) is 5.91 Å². The average molecular weight is 233 g/mol. The summed E-state index contributed by atoms with van der Waals surface area (Å²) >= 11 is 0. The lowest BCUT2D eigenvalue weighted by atomic mass is 9.88. The van der Waals surface area contributed by atoms with Crippen molar-refractivity contribution < 1.29 is 4.79 Å². The molecule has 4 nitrogen and oxygen atoms in total. The Kier molecular flexibility index (Phi) is 3.74. The predicted molar refractivity (Wildman–Crippen MR) is 66.3 cm³/mol. The molecule has 1 aromatic heterocycles. The molecule has 0 aliphatic carbocycles. The Labute approximate surface area is 102 Å². The van der Waals surface area contributed by atoms with Crippen molar-refractivity contribution in [1.29, 1.82) is 0 Å². The zero-order valence-electron chi connectivity index (χ0n) is 10.4. The Morgan fingerprint density at radius 1 is 1.65 bits per heavy atom. The summed E-state index contributed by atoms with van der Waals surface area (Å²) in [4.78, 5) is 16.0. The number of carbonyl (C=O) groups is 1. The van der Waals surface area contributed by atoms with Crippen molar-refractivity contribution in [3.63, 3.8) is 0 Å². The first kappa shape index (κ1) is 12.0. The smallest absolute Gasteiger partial charge is 0.223 e. The van der Waals surface area contributed by atoms with Crippen molar-refractivity contribution in [3.05, 3.63) is 29.6 Å². The van der Waals surface area contributed by atoms with Gasteiger partial charge in [0.15, 0.2) is 0 Å². The Bertz CT molecular complexity index is 401. The molecular weight excluding hydrogens is 214 g/mol. The normalized spacial score (nSPS) is 17.3. The number of carbonyl (C=O) groups excluding carboxylic acids is 1. The molecule has 4 heteroatoms. The molecule has 1 atom stereocenters. The van der Waals surface area contributed by atoms with Crippen LogP contribution in [0.4, 0.5) is 0 Å². The SMILES string of the molecule is Cc1ccncc1CNC(=O)C(C)C1CNC1. The maximum atomic E-state index is 11.9. The fourth-order valence-electron chi connectivity index (χ4n) is 1.90. The Morgan fingerprint density at radius 2 is 2.41 bits per heavy atom. The van der Waals surface area contributed by atoms with E-state index in [1.807, 2.05) is 26.1 Å². The van der Waals surface area contributed by atoms with Gasteiger partial charge in [0.25, 0.3) is 0 Å². The van der Waals surface area contributed by atoms with E-state index in [0.29, 0.717) is 12.5 Å². The number of amides is 1. The van der Waals surface area contributed by atoms with Crippen LogP contribution in [-0.2, 0) is 11.3 Å². The first-order valence-electron chi connectivity index (χ1n) is 6.06. The number of nitrogens with one attached hydrogen (secondary N) is 2. The molecule has 17 heavy (non-hydrogen) atoms. The monoisotopic (exact) mass is 233 g/mol. The van der Waals surface area contributed by atoms with Crippen molar-refractivity contribution in [2.75, 3.05) is 13.1 Å². The maximum Gasteiger partial charge on any atom is 0.223 e. The van der Waals surface area contributed by atoms with Crippen molar-refractivity contribution in [3.8, 4) is 0 Å². The summed E-state index contributed by atoms with van der Waals surface area (Å²) in [6.07, 6.45) is 3.58. The highest BCUT2D eigenvalue weighted by Gasteiger charge is 2.28. The van der Waals surface area contributed by atoms with Gasteiger partial charge >= 0.3 is 0 Å². The van der Waals surface area contributed by atoms with Gasteiger partial charge < -0.3 is 10.6 Å². The second-order valence-electron chi connectivity index (χ2n) is 4.73. The van der Waals surface area contributed by atoms with Crippen LogP contribution in [0.1, 0.15) is 18.1 Å². The molecule has 2 N–H and O–H groups in total. The van der Waals surface area contributed by atoms with Gasteiger partial charge in [-0.1, -0.05) is 6.92 Å². The number of hydrogen-bond donors (Lipinski definition) is 2. The van der Waals surface area contributed by atoms with Crippen molar-refractivity contribution in [1.82, 2.24) is 15.6 Å². The first-order chi connectivity index (χ1) is 8.18. The minimum absolute atomic E-state index is 0.0910. The van der Waals surface area contributed by atoms with Gasteiger partial charge in [-0.15, -0.1) is 0 Å². The molecule has 1 aliphatic heterocycles. The number of rotatable bonds is 4. The molecule has 2 rings (SSSR count). The van der Waals surface area contributed by atoms with Crippen LogP contribution in [0, 0.1) is 18.8 Å².